The Kier molecular flexibility index (Phi) is 8.05. The number of amidine groups is 1. The first-order chi connectivity index (χ1) is 12.4. The zero-order chi connectivity index (χ0) is 18.7. The van der Waals surface area contributed by atoms with E-state index in [0.717, 1.165) is 49.8 Å². The van der Waals surface area contributed by atoms with E-state index in [1.165, 1.54) is 12.1 Å². The molecule has 2 aliphatic rings. The van der Waals surface area contributed by atoms with Crippen LogP contribution < -0.4 is 50.3 Å². The predicted octanol–water partition coefficient (Wildman–Crippen LogP) is -1.86. The third-order valence-corrected chi connectivity index (χ3v) is 5.24. The van der Waals surface area contributed by atoms with Crippen molar-refractivity contribution in [2.24, 2.45) is 10.9 Å². The van der Waals surface area contributed by atoms with Crippen LogP contribution in [0.5, 0.6) is 5.75 Å². The van der Waals surface area contributed by atoms with E-state index in [1.54, 1.807) is 5.01 Å². The van der Waals surface area contributed by atoms with Crippen LogP contribution in [0.4, 0.5) is 4.39 Å². The molecule has 2 heterocycles. The molecular weight excluding hydrogens is 409 g/mol. The van der Waals surface area contributed by atoms with Crippen molar-refractivity contribution in [1.29, 1.82) is 0 Å². The summed E-state index contributed by atoms with van der Waals surface area (Å²) in [6.45, 7) is 1.52. The number of amides is 1. The normalized spacial score (nSPS) is 20.9. The van der Waals surface area contributed by atoms with Crippen LogP contribution in [0.1, 0.15) is 18.4 Å². The maximum Gasteiger partial charge on any atom is 1.00 e. The van der Waals surface area contributed by atoms with E-state index in [-0.39, 0.29) is 45.8 Å². The number of halogens is 1. The van der Waals surface area contributed by atoms with Crippen LogP contribution in [0.25, 0.3) is 6.08 Å². The van der Waals surface area contributed by atoms with Gasteiger partial charge < -0.3 is 9.42 Å². The van der Waals surface area contributed by atoms with E-state index < -0.39 is 19.5 Å². The van der Waals surface area contributed by atoms with Gasteiger partial charge in [0, 0.05) is 24.7 Å². The van der Waals surface area contributed by atoms with Crippen molar-refractivity contribution in [3.05, 3.63) is 34.5 Å². The molecule has 0 aromatic heterocycles. The van der Waals surface area contributed by atoms with Gasteiger partial charge in [-0.05, 0) is 42.8 Å². The summed E-state index contributed by atoms with van der Waals surface area (Å²) in [5.41, 5.74) is 3.31. The molecule has 27 heavy (non-hydrogen) atoms. The largest absolute Gasteiger partial charge is 1.00 e. The van der Waals surface area contributed by atoms with Crippen molar-refractivity contribution >= 4 is 36.7 Å². The molecule has 1 amide bonds. The monoisotopic (exact) mass is 424 g/mol. The van der Waals surface area contributed by atoms with Crippen molar-refractivity contribution < 1.29 is 57.3 Å². The van der Waals surface area contributed by atoms with E-state index in [0.29, 0.717) is 5.17 Å². The molecule has 0 saturated carbocycles. The molecule has 0 aliphatic carbocycles. The average molecular weight is 424 g/mol. The molecule has 140 valence electrons. The molecule has 1 aromatic rings. The molecular formula is C14H15FN4NaO5PS. The molecule has 1 saturated heterocycles. The third-order valence-electron chi connectivity index (χ3n) is 3.55. The topological polar surface area (TPSA) is 129 Å². The van der Waals surface area contributed by atoms with Crippen molar-refractivity contribution in [1.82, 2.24) is 10.4 Å². The van der Waals surface area contributed by atoms with E-state index in [4.69, 9.17) is 0 Å². The molecule has 1 fully saturated rings. The van der Waals surface area contributed by atoms with Gasteiger partial charge in [0.15, 0.2) is 5.17 Å². The molecule has 1 atom stereocenters. The van der Waals surface area contributed by atoms with Crippen molar-refractivity contribution in [3.8, 4) is 5.75 Å². The Morgan fingerprint density at radius 1 is 1.44 bits per heavy atom. The Hall–Kier alpha value is -0.750. The number of phosphoric ester groups is 1. The van der Waals surface area contributed by atoms with Crippen LogP contribution in [0.2, 0.25) is 0 Å². The van der Waals surface area contributed by atoms with Gasteiger partial charge in [-0.15, -0.1) is 0 Å². The number of nitrogens with zero attached hydrogens (tertiary/aromatic N) is 2. The Bertz CT molecular complexity index is 834. The number of carbonyl (C=O) groups excluding carboxylic acids is 1. The number of nitrogens with one attached hydrogen (secondary N) is 1. The summed E-state index contributed by atoms with van der Waals surface area (Å²) in [5.74, 6) is 3.08. The summed E-state index contributed by atoms with van der Waals surface area (Å²) in [6.07, 6.45) is 3.40. The molecule has 13 heteroatoms. The van der Waals surface area contributed by atoms with Crippen molar-refractivity contribution in [3.63, 3.8) is 0 Å². The van der Waals surface area contributed by atoms with Gasteiger partial charge in [-0.25, -0.2) is 20.3 Å². The van der Waals surface area contributed by atoms with Crippen LogP contribution in [0.3, 0.4) is 0 Å². The Morgan fingerprint density at radius 2 is 2.22 bits per heavy atom. The number of carbonyl (C=O) groups is 1. The summed E-state index contributed by atoms with van der Waals surface area (Å²) in [4.78, 5) is 27.8. The molecule has 0 bridgehead atoms. The number of rotatable bonds is 4. The van der Waals surface area contributed by atoms with E-state index in [2.05, 4.69) is 25.5 Å². The minimum atomic E-state index is -4.84. The zero-order valence-electron chi connectivity index (χ0n) is 14.4. The standard InChI is InChI=1S/C14H16FN4O5PS.Na/c15-10-4-3-9(11(8-10)23-25(21,22)24-16)7-12-13(20)18-14(26-12)19-6-2-1-5-17-19;/h3-4,7-8,17H,1-2,5-6,16H2,(H,21,22);/q;+1/p-1/b12-7-;. The first-order valence-electron chi connectivity index (χ1n) is 7.60. The van der Waals surface area contributed by atoms with E-state index >= 15 is 0 Å². The fourth-order valence-corrected chi connectivity index (χ4v) is 3.71. The molecule has 3 rings (SSSR count). The molecule has 2 aliphatic heterocycles. The number of aliphatic imine (C=N–C) groups is 1. The third kappa shape index (κ3) is 5.86. The number of hydrogen-bond acceptors (Lipinski definition) is 9. The SMILES string of the molecule is NOP(=O)([O-])Oc1cc(F)ccc1/C=C1\SC(N2CCCCN2)=NC1=O.[Na+]. The van der Waals surface area contributed by atoms with E-state index in [9.17, 15) is 18.6 Å². The summed E-state index contributed by atoms with van der Waals surface area (Å²) in [6, 6.07) is 3.24. The molecule has 9 nitrogen and oxygen atoms in total. The molecule has 1 aromatic carbocycles. The van der Waals surface area contributed by atoms with Crippen LogP contribution >= 0.6 is 19.6 Å². The van der Waals surface area contributed by atoms with Gasteiger partial charge in [0.1, 0.15) is 11.6 Å². The molecule has 3 N–H and O–H groups in total. The van der Waals surface area contributed by atoms with Gasteiger partial charge in [0.05, 0.1) is 4.91 Å². The second-order valence-corrected chi connectivity index (χ2v) is 7.70. The fraction of sp³-hybridized carbons (Fsp3) is 0.286. The Labute approximate surface area is 181 Å². The van der Waals surface area contributed by atoms with Gasteiger partial charge in [-0.1, -0.05) is 0 Å². The van der Waals surface area contributed by atoms with Crippen LogP contribution in [-0.2, 0) is 14.0 Å². The zero-order valence-corrected chi connectivity index (χ0v) is 18.1. The second kappa shape index (κ2) is 9.64. The Morgan fingerprint density at radius 3 is 2.89 bits per heavy atom. The molecule has 0 radical (unpaired) electrons. The average Bonchev–Trinajstić information content (AvgIpc) is 2.98. The first kappa shape index (κ1) is 22.5. The predicted molar refractivity (Wildman–Crippen MR) is 91.9 cm³/mol. The minimum absolute atomic E-state index is 0. The quantitative estimate of drug-likeness (QED) is 0.247. The maximum absolute atomic E-state index is 13.4. The first-order valence-corrected chi connectivity index (χ1v) is 9.88. The maximum atomic E-state index is 13.4. The number of benzene rings is 1. The smallest absolute Gasteiger partial charge is 0.745 e. The van der Waals surface area contributed by atoms with Crippen LogP contribution in [0, 0.1) is 5.82 Å². The van der Waals surface area contributed by atoms with Crippen molar-refractivity contribution in [2.75, 3.05) is 13.1 Å². The number of hydrogen-bond donors (Lipinski definition) is 2. The van der Waals surface area contributed by atoms with Gasteiger partial charge in [0.2, 0.25) is 0 Å². The number of nitrogens with two attached hydrogens (primary N) is 1. The van der Waals surface area contributed by atoms with E-state index in [1.807, 2.05) is 0 Å². The van der Waals surface area contributed by atoms with Crippen LogP contribution in [0.15, 0.2) is 28.1 Å². The van der Waals surface area contributed by atoms with Gasteiger partial charge >= 0.3 is 37.4 Å². The van der Waals surface area contributed by atoms with Crippen molar-refractivity contribution in [2.45, 2.75) is 12.8 Å². The van der Waals surface area contributed by atoms with Crippen LogP contribution in [-0.4, -0.2) is 29.2 Å². The summed E-state index contributed by atoms with van der Waals surface area (Å²) in [5, 5.41) is 2.30. The number of thioether (sulfide) groups is 1. The second-order valence-electron chi connectivity index (χ2n) is 5.40. The van der Waals surface area contributed by atoms with Gasteiger partial charge in [-0.2, -0.15) is 4.99 Å². The fourth-order valence-electron chi connectivity index (χ4n) is 2.35. The summed E-state index contributed by atoms with van der Waals surface area (Å²) < 4.78 is 33.2. The minimum Gasteiger partial charge on any atom is -0.745 e. The van der Waals surface area contributed by atoms with Gasteiger partial charge in [0.25, 0.3) is 5.91 Å². The Balaban J connectivity index is 0.00000261. The number of hydrazine groups is 1. The molecule has 0 spiro atoms. The summed E-state index contributed by atoms with van der Waals surface area (Å²) in [7, 11) is -4.84. The summed E-state index contributed by atoms with van der Waals surface area (Å²) >= 11 is 1.13. The van der Waals surface area contributed by atoms with Gasteiger partial charge in [-0.3, -0.25) is 14.4 Å². The molecule has 1 unspecified atom stereocenters. The number of phosphoric acid groups is 1.